The maximum absolute atomic E-state index is 12.6. The summed E-state index contributed by atoms with van der Waals surface area (Å²) < 4.78 is 0. The molecule has 1 amide bonds. The van der Waals surface area contributed by atoms with Crippen LogP contribution in [0.5, 0.6) is 0 Å². The highest BCUT2D eigenvalue weighted by molar-refractivity contribution is 5.82. The molecule has 1 unspecified atom stereocenters. The van der Waals surface area contributed by atoms with Gasteiger partial charge in [0.25, 0.3) is 0 Å². The van der Waals surface area contributed by atoms with Gasteiger partial charge in [-0.25, -0.2) is 0 Å². The third kappa shape index (κ3) is 3.18. The zero-order valence-corrected chi connectivity index (χ0v) is 14.4. The second kappa shape index (κ2) is 6.48. The number of nitrogens with zero attached hydrogens (tertiary/aromatic N) is 1. The van der Waals surface area contributed by atoms with E-state index in [1.54, 1.807) is 0 Å². The number of piperidine rings is 1. The molecule has 1 saturated heterocycles. The van der Waals surface area contributed by atoms with Gasteiger partial charge in [0.2, 0.25) is 5.91 Å². The zero-order valence-electron chi connectivity index (χ0n) is 14.4. The first-order valence-corrected chi connectivity index (χ1v) is 9.24. The van der Waals surface area contributed by atoms with Crippen molar-refractivity contribution in [3.05, 3.63) is 0 Å². The lowest BCUT2D eigenvalue weighted by Crippen LogP contribution is -2.53. The first-order chi connectivity index (χ1) is 10.6. The maximum Gasteiger partial charge on any atom is 0.223 e. The Balaban J connectivity index is 1.55. The summed E-state index contributed by atoms with van der Waals surface area (Å²) in [6, 6.07) is 0. The van der Waals surface area contributed by atoms with Crippen molar-refractivity contribution in [1.82, 2.24) is 15.5 Å². The average molecular weight is 307 g/mol. The number of likely N-dealkylation sites (N-methyl/N-ethyl adjacent to an activating group) is 1. The second-order valence-corrected chi connectivity index (χ2v) is 8.12. The molecule has 0 radical (unpaired) electrons. The minimum atomic E-state index is 0.183. The van der Waals surface area contributed by atoms with E-state index in [4.69, 9.17) is 0 Å². The molecular formula is C18H33N3O. The number of carbonyl (C=O) groups is 1. The van der Waals surface area contributed by atoms with Crippen LogP contribution >= 0.6 is 0 Å². The molecule has 3 rings (SSSR count). The number of hydrogen-bond donors (Lipinski definition) is 2. The lowest BCUT2D eigenvalue weighted by Gasteiger charge is -2.40. The Morgan fingerprint density at radius 1 is 1.09 bits per heavy atom. The van der Waals surface area contributed by atoms with Gasteiger partial charge < -0.3 is 15.5 Å². The summed E-state index contributed by atoms with van der Waals surface area (Å²) in [7, 11) is 4.37. The summed E-state index contributed by atoms with van der Waals surface area (Å²) in [6.45, 7) is 3.01. The maximum atomic E-state index is 12.6. The van der Waals surface area contributed by atoms with Crippen LogP contribution in [0.4, 0.5) is 0 Å². The van der Waals surface area contributed by atoms with Gasteiger partial charge in [-0.3, -0.25) is 4.79 Å². The molecular weight excluding hydrogens is 274 g/mol. The number of amides is 1. The molecule has 1 atom stereocenters. The van der Waals surface area contributed by atoms with Crippen molar-refractivity contribution in [1.29, 1.82) is 0 Å². The van der Waals surface area contributed by atoms with Gasteiger partial charge in [0, 0.05) is 18.0 Å². The van der Waals surface area contributed by atoms with Crippen LogP contribution in [0.1, 0.15) is 57.8 Å². The fourth-order valence-corrected chi connectivity index (χ4v) is 4.74. The van der Waals surface area contributed by atoms with Crippen LogP contribution in [0, 0.1) is 11.3 Å². The third-order valence-electron chi connectivity index (χ3n) is 6.68. The monoisotopic (exact) mass is 307 g/mol. The third-order valence-corrected chi connectivity index (χ3v) is 6.68. The molecule has 22 heavy (non-hydrogen) atoms. The largest absolute Gasteiger partial charge is 0.354 e. The van der Waals surface area contributed by atoms with Gasteiger partial charge in [-0.05, 0) is 64.7 Å². The van der Waals surface area contributed by atoms with Crippen molar-refractivity contribution in [2.24, 2.45) is 11.3 Å². The average Bonchev–Trinajstić information content (AvgIpc) is 3.25. The smallest absolute Gasteiger partial charge is 0.223 e. The summed E-state index contributed by atoms with van der Waals surface area (Å²) in [5, 5.41) is 6.75. The molecule has 4 nitrogen and oxygen atoms in total. The van der Waals surface area contributed by atoms with Crippen LogP contribution in [0.3, 0.4) is 0 Å². The Labute approximate surface area is 135 Å². The van der Waals surface area contributed by atoms with E-state index in [1.807, 2.05) is 0 Å². The quantitative estimate of drug-likeness (QED) is 0.782. The molecule has 0 bridgehead atoms. The van der Waals surface area contributed by atoms with Crippen molar-refractivity contribution in [3.8, 4) is 0 Å². The van der Waals surface area contributed by atoms with Crippen molar-refractivity contribution in [2.45, 2.75) is 63.3 Å². The van der Waals surface area contributed by atoms with Crippen LogP contribution in [0.15, 0.2) is 0 Å². The highest BCUT2D eigenvalue weighted by atomic mass is 16.2. The predicted molar refractivity (Wildman–Crippen MR) is 89.8 cm³/mol. The van der Waals surface area contributed by atoms with Gasteiger partial charge in [0.15, 0.2) is 0 Å². The zero-order chi connectivity index (χ0) is 15.6. The molecule has 1 spiro atoms. The summed E-state index contributed by atoms with van der Waals surface area (Å²) in [5.74, 6) is 0.618. The number of rotatable bonds is 4. The summed E-state index contributed by atoms with van der Waals surface area (Å²) >= 11 is 0. The van der Waals surface area contributed by atoms with E-state index < -0.39 is 0 Å². The number of carbonyl (C=O) groups excluding carboxylic acids is 1. The van der Waals surface area contributed by atoms with Gasteiger partial charge in [-0.1, -0.05) is 25.7 Å². The van der Waals surface area contributed by atoms with Crippen LogP contribution in [-0.4, -0.2) is 50.1 Å². The van der Waals surface area contributed by atoms with E-state index >= 15 is 0 Å². The van der Waals surface area contributed by atoms with Crippen LogP contribution in [0.2, 0.25) is 0 Å². The van der Waals surface area contributed by atoms with Gasteiger partial charge >= 0.3 is 0 Å². The molecule has 0 aromatic heterocycles. The number of nitrogens with one attached hydrogen (secondary N) is 2. The van der Waals surface area contributed by atoms with E-state index in [2.05, 4.69) is 29.6 Å². The van der Waals surface area contributed by atoms with Crippen LogP contribution in [0.25, 0.3) is 0 Å². The molecule has 0 aromatic carbocycles. The highest BCUT2D eigenvalue weighted by Gasteiger charge is 2.57. The van der Waals surface area contributed by atoms with Crippen LogP contribution < -0.4 is 10.6 Å². The van der Waals surface area contributed by atoms with Gasteiger partial charge in [0.1, 0.15) is 0 Å². The molecule has 1 aliphatic heterocycles. The van der Waals surface area contributed by atoms with Gasteiger partial charge in [0.05, 0.1) is 0 Å². The fraction of sp³-hybridized carbons (Fsp3) is 0.944. The Kier molecular flexibility index (Phi) is 4.79. The molecule has 3 fully saturated rings. The van der Waals surface area contributed by atoms with Gasteiger partial charge in [-0.2, -0.15) is 0 Å². The summed E-state index contributed by atoms with van der Waals surface area (Å²) in [4.78, 5) is 15.0. The first-order valence-electron chi connectivity index (χ1n) is 9.24. The molecule has 126 valence electrons. The normalized spacial score (nSPS) is 30.0. The SMILES string of the molecule is CN(C)C1(CNC(=O)C2CC23CCNCC3)CCCCCC1. The summed E-state index contributed by atoms with van der Waals surface area (Å²) in [5.41, 5.74) is 0.534. The van der Waals surface area contributed by atoms with Crippen molar-refractivity contribution in [2.75, 3.05) is 33.7 Å². The highest BCUT2D eigenvalue weighted by Crippen LogP contribution is 2.58. The summed E-state index contributed by atoms with van der Waals surface area (Å²) in [6.07, 6.45) is 11.2. The Bertz CT molecular complexity index is 393. The standard InChI is InChI=1S/C18H33N3O/c1-21(2)18(7-5-3-4-6-8-18)14-20-16(22)15-13-17(15)9-11-19-12-10-17/h15,19H,3-14H2,1-2H3,(H,20,22). The molecule has 2 saturated carbocycles. The van der Waals surface area contributed by atoms with Crippen molar-refractivity contribution in [3.63, 3.8) is 0 Å². The van der Waals surface area contributed by atoms with Gasteiger partial charge in [-0.15, -0.1) is 0 Å². The minimum absolute atomic E-state index is 0.183. The number of hydrogen-bond acceptors (Lipinski definition) is 3. The predicted octanol–water partition coefficient (Wildman–Crippen LogP) is 2.15. The molecule has 2 N–H and O–H groups in total. The van der Waals surface area contributed by atoms with E-state index in [-0.39, 0.29) is 5.54 Å². The molecule has 2 aliphatic carbocycles. The van der Waals surface area contributed by atoms with Crippen LogP contribution in [-0.2, 0) is 4.79 Å². The lowest BCUT2D eigenvalue weighted by molar-refractivity contribution is -0.124. The topological polar surface area (TPSA) is 44.4 Å². The van der Waals surface area contributed by atoms with E-state index in [0.717, 1.165) is 26.1 Å². The van der Waals surface area contributed by atoms with Crippen molar-refractivity contribution < 1.29 is 4.79 Å². The fourth-order valence-electron chi connectivity index (χ4n) is 4.74. The molecule has 4 heteroatoms. The van der Waals surface area contributed by atoms with E-state index in [1.165, 1.54) is 51.4 Å². The molecule has 3 aliphatic rings. The molecule has 1 heterocycles. The van der Waals surface area contributed by atoms with E-state index in [9.17, 15) is 4.79 Å². The Morgan fingerprint density at radius 2 is 1.73 bits per heavy atom. The molecule has 0 aromatic rings. The van der Waals surface area contributed by atoms with E-state index in [0.29, 0.717) is 17.2 Å². The lowest BCUT2D eigenvalue weighted by atomic mass is 9.88. The second-order valence-electron chi connectivity index (χ2n) is 8.12. The minimum Gasteiger partial charge on any atom is -0.354 e. The first kappa shape index (κ1) is 16.3. The van der Waals surface area contributed by atoms with Crippen molar-refractivity contribution >= 4 is 5.91 Å². The Morgan fingerprint density at radius 3 is 2.32 bits per heavy atom. The Hall–Kier alpha value is -0.610.